The summed E-state index contributed by atoms with van der Waals surface area (Å²) in [7, 11) is 0.470. The van der Waals surface area contributed by atoms with E-state index < -0.39 is 10.0 Å². The lowest BCUT2D eigenvalue weighted by Crippen LogP contribution is -2.52. The van der Waals surface area contributed by atoms with E-state index in [0.29, 0.717) is 52.4 Å². The van der Waals surface area contributed by atoms with Crippen molar-refractivity contribution in [1.29, 1.82) is 0 Å². The number of rotatable bonds is 8. The average Bonchev–Trinajstić information content (AvgIpc) is 3.46. The second kappa shape index (κ2) is 12.5. The molecule has 11 nitrogen and oxygen atoms in total. The molecule has 43 heavy (non-hydrogen) atoms. The molecule has 230 valence electrons. The highest BCUT2D eigenvalue weighted by molar-refractivity contribution is 9.10. The quantitative estimate of drug-likeness (QED) is 0.361. The summed E-state index contributed by atoms with van der Waals surface area (Å²) in [4.78, 5) is 16.7. The predicted molar refractivity (Wildman–Crippen MR) is 176 cm³/mol. The molecule has 2 saturated heterocycles. The molecule has 0 radical (unpaired) electrons. The minimum atomic E-state index is -3.40. The first-order valence-corrected chi connectivity index (χ1v) is 17.4. The van der Waals surface area contributed by atoms with E-state index in [9.17, 15) is 8.42 Å². The van der Waals surface area contributed by atoms with Gasteiger partial charge in [0.15, 0.2) is 0 Å². The molecule has 0 unspecified atom stereocenters. The molecule has 0 spiro atoms. The van der Waals surface area contributed by atoms with E-state index in [4.69, 9.17) is 9.72 Å². The fourth-order valence-corrected chi connectivity index (χ4v) is 7.53. The summed E-state index contributed by atoms with van der Waals surface area (Å²) in [6, 6.07) is 12.6. The predicted octanol–water partition coefficient (Wildman–Crippen LogP) is 4.27. The van der Waals surface area contributed by atoms with Crippen molar-refractivity contribution in [3.05, 3.63) is 52.6 Å². The van der Waals surface area contributed by atoms with Gasteiger partial charge in [-0.1, -0.05) is 12.1 Å². The van der Waals surface area contributed by atoms with Gasteiger partial charge in [-0.25, -0.2) is 13.4 Å². The van der Waals surface area contributed by atoms with Crippen molar-refractivity contribution in [2.24, 2.45) is 0 Å². The lowest BCUT2D eigenvalue weighted by atomic mass is 10.0. The van der Waals surface area contributed by atoms with Gasteiger partial charge in [0, 0.05) is 69.8 Å². The Morgan fingerprint density at radius 2 is 1.74 bits per heavy atom. The van der Waals surface area contributed by atoms with Gasteiger partial charge in [-0.15, -0.1) is 0 Å². The van der Waals surface area contributed by atoms with E-state index in [1.54, 1.807) is 13.3 Å². The van der Waals surface area contributed by atoms with Crippen LogP contribution in [0, 0.1) is 0 Å². The molecule has 0 atom stereocenters. The molecule has 3 aromatic rings. The normalized spacial score (nSPS) is 18.5. The van der Waals surface area contributed by atoms with Crippen LogP contribution in [0.4, 0.5) is 34.5 Å². The lowest BCUT2D eigenvalue weighted by Gasteiger charge is -2.42. The molecule has 0 saturated carbocycles. The maximum atomic E-state index is 12.4. The fraction of sp³-hybridized carbons (Fsp3) is 0.467. The van der Waals surface area contributed by atoms with E-state index in [2.05, 4.69) is 65.4 Å². The number of sulfonamides is 1. The van der Waals surface area contributed by atoms with Crippen LogP contribution in [0.15, 0.2) is 47.1 Å². The molecule has 2 N–H and O–H groups in total. The molecule has 0 aliphatic carbocycles. The zero-order valence-corrected chi connectivity index (χ0v) is 27.3. The Balaban J connectivity index is 1.15. The van der Waals surface area contributed by atoms with Crippen LogP contribution in [0.3, 0.4) is 0 Å². The Morgan fingerprint density at radius 3 is 2.47 bits per heavy atom. The molecule has 3 aliphatic rings. The Hall–Kier alpha value is -3.13. The van der Waals surface area contributed by atoms with Crippen LogP contribution in [0.25, 0.3) is 0 Å². The number of benzene rings is 2. The Morgan fingerprint density at radius 1 is 0.977 bits per heavy atom. The molecule has 0 amide bonds. The summed E-state index contributed by atoms with van der Waals surface area (Å²) in [5.41, 5.74) is 4.22. The number of ether oxygens (including phenoxy) is 1. The van der Waals surface area contributed by atoms with Crippen molar-refractivity contribution < 1.29 is 13.2 Å². The third-order valence-corrected chi connectivity index (χ3v) is 10.4. The van der Waals surface area contributed by atoms with Gasteiger partial charge < -0.3 is 25.2 Å². The summed E-state index contributed by atoms with van der Waals surface area (Å²) in [5.74, 6) is 1.62. The van der Waals surface area contributed by atoms with Crippen molar-refractivity contribution in [2.75, 3.05) is 86.1 Å². The fourth-order valence-electron chi connectivity index (χ4n) is 6.27. The zero-order chi connectivity index (χ0) is 30.1. The highest BCUT2D eigenvalue weighted by Gasteiger charge is 2.30. The standard InChI is InChI=1S/C30H39BrN8O3S/c1-36-15-17-38(18-16-36)22-10-12-37(13-11-22)23-7-8-25(27(19-23)42-2)34-30-32-20-24(31)29(35-30)33-26-6-4-5-21-9-14-39(28(21)26)43(3,40)41/h4-8,19-20,22H,9-18H2,1-3H3,(H2,32,33,34,35). The molecule has 1 aromatic heterocycles. The lowest BCUT2D eigenvalue weighted by molar-refractivity contribution is 0.0982. The molecule has 6 rings (SSSR count). The number of anilines is 6. The van der Waals surface area contributed by atoms with Gasteiger partial charge in [0.1, 0.15) is 11.6 Å². The van der Waals surface area contributed by atoms with Gasteiger partial charge in [-0.2, -0.15) is 4.98 Å². The summed E-state index contributed by atoms with van der Waals surface area (Å²) in [6.45, 7) is 7.11. The molecule has 0 bridgehead atoms. The number of nitrogens with one attached hydrogen (secondary N) is 2. The Kier molecular flexibility index (Phi) is 8.67. The van der Waals surface area contributed by atoms with E-state index in [-0.39, 0.29) is 0 Å². The number of hydrogen-bond acceptors (Lipinski definition) is 10. The second-order valence-electron chi connectivity index (χ2n) is 11.5. The smallest absolute Gasteiger partial charge is 0.232 e. The average molecular weight is 672 g/mol. The SMILES string of the molecule is COc1cc(N2CCC(N3CCN(C)CC3)CC2)ccc1Nc1ncc(Br)c(Nc2cccc3c2N(S(C)(=O)=O)CC3)n1. The number of halogens is 1. The van der Waals surface area contributed by atoms with Crippen LogP contribution in [0.5, 0.6) is 5.75 Å². The van der Waals surface area contributed by atoms with Gasteiger partial charge in [0.25, 0.3) is 0 Å². The van der Waals surface area contributed by atoms with Crippen molar-refractivity contribution in [2.45, 2.75) is 25.3 Å². The number of para-hydroxylation sites is 1. The Bertz CT molecular complexity index is 1570. The van der Waals surface area contributed by atoms with Crippen molar-refractivity contribution >= 4 is 60.5 Å². The first-order chi connectivity index (χ1) is 20.7. The Labute approximate surface area is 262 Å². The van der Waals surface area contributed by atoms with Crippen LogP contribution >= 0.6 is 15.9 Å². The first kappa shape index (κ1) is 29.9. The second-order valence-corrected chi connectivity index (χ2v) is 14.2. The van der Waals surface area contributed by atoms with Gasteiger partial charge >= 0.3 is 0 Å². The monoisotopic (exact) mass is 670 g/mol. The van der Waals surface area contributed by atoms with Gasteiger partial charge in [0.05, 0.1) is 34.9 Å². The van der Waals surface area contributed by atoms with Crippen molar-refractivity contribution in [1.82, 2.24) is 19.8 Å². The van der Waals surface area contributed by atoms with Gasteiger partial charge in [-0.3, -0.25) is 9.21 Å². The molecule has 3 aliphatic heterocycles. The van der Waals surface area contributed by atoms with E-state index in [1.165, 1.54) is 23.4 Å². The number of aromatic nitrogens is 2. The zero-order valence-electron chi connectivity index (χ0n) is 24.9. The van der Waals surface area contributed by atoms with Crippen LogP contribution in [-0.2, 0) is 16.4 Å². The number of nitrogens with zero attached hydrogens (tertiary/aromatic N) is 6. The number of hydrogen-bond donors (Lipinski definition) is 2. The third-order valence-electron chi connectivity index (χ3n) is 8.67. The van der Waals surface area contributed by atoms with Gasteiger partial charge in [-0.05, 0) is 66.0 Å². The van der Waals surface area contributed by atoms with Crippen LogP contribution < -0.4 is 24.6 Å². The molecule has 13 heteroatoms. The summed E-state index contributed by atoms with van der Waals surface area (Å²) in [6.07, 6.45) is 5.90. The molecule has 2 aromatic carbocycles. The van der Waals surface area contributed by atoms with Gasteiger partial charge in [0.2, 0.25) is 16.0 Å². The summed E-state index contributed by atoms with van der Waals surface area (Å²) in [5, 5.41) is 6.63. The molecular formula is C30H39BrN8O3S. The summed E-state index contributed by atoms with van der Waals surface area (Å²) < 4.78 is 32.7. The van der Waals surface area contributed by atoms with Crippen molar-refractivity contribution in [3.8, 4) is 5.75 Å². The highest BCUT2D eigenvalue weighted by Crippen LogP contribution is 2.39. The highest BCUT2D eigenvalue weighted by atomic mass is 79.9. The largest absolute Gasteiger partial charge is 0.494 e. The van der Waals surface area contributed by atoms with Crippen LogP contribution in [-0.4, -0.2) is 100 Å². The topological polar surface area (TPSA) is 106 Å². The number of fused-ring (bicyclic) bond motifs is 1. The minimum Gasteiger partial charge on any atom is -0.494 e. The molecular weight excluding hydrogens is 632 g/mol. The van der Waals surface area contributed by atoms with Crippen LogP contribution in [0.2, 0.25) is 0 Å². The van der Waals surface area contributed by atoms with E-state index in [0.717, 1.165) is 56.2 Å². The van der Waals surface area contributed by atoms with Crippen LogP contribution in [0.1, 0.15) is 18.4 Å². The number of piperidine rings is 1. The number of methoxy groups -OCH3 is 1. The van der Waals surface area contributed by atoms with E-state index in [1.807, 2.05) is 24.3 Å². The minimum absolute atomic E-state index is 0.386. The van der Waals surface area contributed by atoms with Crippen molar-refractivity contribution in [3.63, 3.8) is 0 Å². The first-order valence-electron chi connectivity index (χ1n) is 14.7. The number of piperazine rings is 1. The molecule has 2 fully saturated rings. The third kappa shape index (κ3) is 6.54. The molecule has 4 heterocycles. The summed E-state index contributed by atoms with van der Waals surface area (Å²) >= 11 is 3.54. The maximum absolute atomic E-state index is 12.4. The maximum Gasteiger partial charge on any atom is 0.232 e. The van der Waals surface area contributed by atoms with E-state index >= 15 is 0 Å². The number of likely N-dealkylation sites (N-methyl/N-ethyl adjacent to an activating group) is 1.